The molecule has 0 spiro atoms. The summed E-state index contributed by atoms with van der Waals surface area (Å²) < 4.78 is 2.73. The minimum absolute atomic E-state index is 0.210. The van der Waals surface area contributed by atoms with Crippen LogP contribution in [-0.4, -0.2) is 6.04 Å². The third-order valence-corrected chi connectivity index (χ3v) is 17.0. The van der Waals surface area contributed by atoms with E-state index in [2.05, 4.69) is 282 Å². The second kappa shape index (κ2) is 18.7. The molecular weight excluding hydrogens is 915 g/mol. The van der Waals surface area contributed by atoms with Crippen LogP contribution in [0.2, 0.25) is 0 Å². The van der Waals surface area contributed by atoms with E-state index in [1.165, 1.54) is 98.8 Å². The van der Waals surface area contributed by atoms with Crippen molar-refractivity contribution in [2.45, 2.75) is 37.1 Å². The molecule has 74 heavy (non-hydrogen) atoms. The highest BCUT2D eigenvalue weighted by Gasteiger charge is 2.38. The molecule has 0 bridgehead atoms. The number of thiophene rings is 1. The smallest absolute Gasteiger partial charge is 0.0629 e. The highest BCUT2D eigenvalue weighted by Crippen LogP contribution is 2.52. The van der Waals surface area contributed by atoms with Gasteiger partial charge in [-0.3, -0.25) is 0 Å². The van der Waals surface area contributed by atoms with Gasteiger partial charge >= 0.3 is 0 Å². The quantitative estimate of drug-likeness (QED) is 0.135. The van der Waals surface area contributed by atoms with Gasteiger partial charge in [0.05, 0.1) is 6.04 Å². The van der Waals surface area contributed by atoms with Crippen molar-refractivity contribution in [3.63, 3.8) is 0 Å². The molecule has 3 aliphatic carbocycles. The summed E-state index contributed by atoms with van der Waals surface area (Å²) in [5.74, 6) is 0.510. The van der Waals surface area contributed by atoms with Crippen LogP contribution in [0.25, 0.3) is 42.6 Å². The molecule has 3 atom stereocenters. The summed E-state index contributed by atoms with van der Waals surface area (Å²) in [6, 6.07) is 83.0. The van der Waals surface area contributed by atoms with E-state index in [9.17, 15) is 0 Å². The molecule has 4 aliphatic rings. The van der Waals surface area contributed by atoms with E-state index in [0.717, 1.165) is 30.6 Å². The van der Waals surface area contributed by atoms with Crippen molar-refractivity contribution >= 4 is 76.9 Å². The van der Waals surface area contributed by atoms with E-state index < -0.39 is 0 Å². The zero-order valence-corrected chi connectivity index (χ0v) is 41.8. The Labute approximate surface area is 437 Å². The van der Waals surface area contributed by atoms with Crippen LogP contribution in [0.4, 0.5) is 34.1 Å². The summed E-state index contributed by atoms with van der Waals surface area (Å²) in [4.78, 5) is 7.48. The third-order valence-electron chi connectivity index (χ3n) is 15.7. The Balaban J connectivity index is 0.790. The van der Waals surface area contributed by atoms with Gasteiger partial charge in [-0.05, 0) is 125 Å². The van der Waals surface area contributed by atoms with E-state index in [1.54, 1.807) is 0 Å². The first-order valence-electron chi connectivity index (χ1n) is 26.1. The highest BCUT2D eigenvalue weighted by molar-refractivity contribution is 7.26. The maximum absolute atomic E-state index is 2.53. The average molecular weight is 968 g/mol. The fraction of sp³-hybridized carbons (Fsp3) is 0.0857. The van der Waals surface area contributed by atoms with Crippen molar-refractivity contribution in [1.29, 1.82) is 0 Å². The van der Waals surface area contributed by atoms with Crippen LogP contribution < -0.4 is 14.7 Å². The number of fused-ring (bicyclic) bond motifs is 7. The molecule has 2 heterocycles. The number of nitrogens with zero attached hydrogens (tertiary/aromatic N) is 3. The molecule has 14 rings (SSSR count). The average Bonchev–Trinajstić information content (AvgIpc) is 4.05. The van der Waals surface area contributed by atoms with Crippen molar-refractivity contribution < 1.29 is 0 Å². The molecule has 3 nitrogen and oxygen atoms in total. The Kier molecular flexibility index (Phi) is 11.1. The maximum atomic E-state index is 2.53. The van der Waals surface area contributed by atoms with Gasteiger partial charge in [0.2, 0.25) is 0 Å². The molecule has 0 radical (unpaired) electrons. The molecule has 0 N–H and O–H groups in total. The van der Waals surface area contributed by atoms with Gasteiger partial charge in [0, 0.05) is 83.1 Å². The van der Waals surface area contributed by atoms with Gasteiger partial charge in [-0.2, -0.15) is 0 Å². The minimum atomic E-state index is 0.210. The number of hydrogen-bond acceptors (Lipinski definition) is 4. The van der Waals surface area contributed by atoms with E-state index >= 15 is 0 Å². The topological polar surface area (TPSA) is 9.72 Å². The predicted molar refractivity (Wildman–Crippen MR) is 314 cm³/mol. The predicted octanol–water partition coefficient (Wildman–Crippen LogP) is 19.1. The normalized spacial score (nSPS) is 17.5. The van der Waals surface area contributed by atoms with E-state index in [4.69, 9.17) is 0 Å². The molecule has 0 amide bonds. The second-order valence-electron chi connectivity index (χ2n) is 19.8. The van der Waals surface area contributed by atoms with Gasteiger partial charge in [-0.15, -0.1) is 11.3 Å². The fourth-order valence-corrected chi connectivity index (χ4v) is 13.6. The lowest BCUT2D eigenvalue weighted by atomic mass is 9.80. The van der Waals surface area contributed by atoms with Gasteiger partial charge in [0.1, 0.15) is 0 Å². The third kappa shape index (κ3) is 7.64. The molecule has 354 valence electrons. The van der Waals surface area contributed by atoms with Gasteiger partial charge in [0.25, 0.3) is 0 Å². The number of para-hydroxylation sites is 3. The van der Waals surface area contributed by atoms with Crippen LogP contribution in [0.1, 0.15) is 58.9 Å². The van der Waals surface area contributed by atoms with Crippen LogP contribution >= 0.6 is 11.3 Å². The summed E-state index contributed by atoms with van der Waals surface area (Å²) in [6.07, 6.45) is 19.1. The largest absolute Gasteiger partial charge is 0.333 e. The van der Waals surface area contributed by atoms with Gasteiger partial charge < -0.3 is 14.7 Å². The molecular formula is C70H53N3S. The molecule has 0 saturated carbocycles. The van der Waals surface area contributed by atoms with Crippen LogP contribution in [-0.2, 0) is 0 Å². The zero-order valence-electron chi connectivity index (χ0n) is 41.0. The lowest BCUT2D eigenvalue weighted by Gasteiger charge is -2.35. The highest BCUT2D eigenvalue weighted by atomic mass is 32.1. The SMILES string of the molecule is C1=CC2c3ccc(N(C4=CCC(c5ccc(N(C6=CC=C(c7cccc8c7sc7c(-c9ccccc9)cccc78)CC6)c6ccccc6)cc5)c5ccccc54)c4ccccc4)cc3N(c3ccccc3)C2C=C1. The summed E-state index contributed by atoms with van der Waals surface area (Å²) >= 11 is 1.94. The monoisotopic (exact) mass is 967 g/mol. The minimum Gasteiger partial charge on any atom is -0.333 e. The Morgan fingerprint density at radius 2 is 1.07 bits per heavy atom. The lowest BCUT2D eigenvalue weighted by molar-refractivity contribution is 0.745. The van der Waals surface area contributed by atoms with Gasteiger partial charge in [-0.1, -0.05) is 200 Å². The lowest BCUT2D eigenvalue weighted by Crippen LogP contribution is -2.28. The first kappa shape index (κ1) is 44.0. The molecule has 1 aromatic heterocycles. The molecule has 4 heteroatoms. The van der Waals surface area contributed by atoms with Crippen molar-refractivity contribution in [3.05, 3.63) is 301 Å². The number of allylic oxidation sites excluding steroid dienone is 7. The fourth-order valence-electron chi connectivity index (χ4n) is 12.3. The Morgan fingerprint density at radius 3 is 1.80 bits per heavy atom. The van der Waals surface area contributed by atoms with Crippen molar-refractivity contribution in [2.75, 3.05) is 14.7 Å². The van der Waals surface area contributed by atoms with E-state index in [0.29, 0.717) is 5.92 Å². The van der Waals surface area contributed by atoms with Crippen LogP contribution in [0, 0.1) is 0 Å². The van der Waals surface area contributed by atoms with Crippen LogP contribution in [0.5, 0.6) is 0 Å². The van der Waals surface area contributed by atoms with Crippen molar-refractivity contribution in [3.8, 4) is 11.1 Å². The molecule has 1 aliphatic heterocycles. The number of hydrogen-bond donors (Lipinski definition) is 0. The molecule has 3 unspecified atom stereocenters. The number of anilines is 6. The number of benzene rings is 9. The van der Waals surface area contributed by atoms with Crippen molar-refractivity contribution in [1.82, 2.24) is 0 Å². The number of rotatable bonds is 10. The first-order chi connectivity index (χ1) is 36.7. The van der Waals surface area contributed by atoms with Crippen LogP contribution in [0.3, 0.4) is 0 Å². The molecule has 9 aromatic carbocycles. The summed E-state index contributed by atoms with van der Waals surface area (Å²) in [5.41, 5.74) is 20.2. The summed E-state index contributed by atoms with van der Waals surface area (Å²) in [6.45, 7) is 0. The van der Waals surface area contributed by atoms with E-state index in [1.807, 2.05) is 11.3 Å². The summed E-state index contributed by atoms with van der Waals surface area (Å²) in [5, 5.41) is 2.67. The standard InChI is InChI=1S/C70H53N3S/c1-5-19-48(20-6-1)58-30-17-32-64-65-33-18-31-59(70(65)74-69(58)64)50-37-41-55(42-38-50)71(51-21-7-2-8-22-51)54-39-35-49(36-40-54)57-45-46-67(61-28-14-13-27-60(57)61)72(52-23-9-3-10-24-52)56-43-44-63-62-29-15-16-34-66(62)73(68(63)47-56)53-25-11-4-12-26-53/h1-37,39-41,43-44,46-47,57,62,66H,38,42,45H2. The van der Waals surface area contributed by atoms with Crippen LogP contribution in [0.15, 0.2) is 273 Å². The maximum Gasteiger partial charge on any atom is 0.0629 e. The Bertz CT molecular complexity index is 3880. The van der Waals surface area contributed by atoms with Gasteiger partial charge in [0.15, 0.2) is 0 Å². The van der Waals surface area contributed by atoms with Gasteiger partial charge in [-0.25, -0.2) is 0 Å². The zero-order chi connectivity index (χ0) is 49.0. The first-order valence-corrected chi connectivity index (χ1v) is 26.9. The second-order valence-corrected chi connectivity index (χ2v) is 20.8. The Hall–Kier alpha value is -8.70. The summed E-state index contributed by atoms with van der Waals surface area (Å²) in [7, 11) is 0. The van der Waals surface area contributed by atoms with Crippen molar-refractivity contribution in [2.24, 2.45) is 0 Å². The molecule has 10 aromatic rings. The Morgan fingerprint density at radius 1 is 0.459 bits per heavy atom. The van der Waals surface area contributed by atoms with E-state index in [-0.39, 0.29) is 12.0 Å². The molecule has 0 fully saturated rings. The molecule has 0 saturated heterocycles.